The van der Waals surface area contributed by atoms with Gasteiger partial charge in [-0.1, -0.05) is 6.92 Å². The first-order valence-electron chi connectivity index (χ1n) is 7.39. The number of carbonyl (C=O) groups excluding carboxylic acids is 2. The minimum atomic E-state index is -0.572. The number of ether oxygens (including phenoxy) is 1. The Bertz CT molecular complexity index is 330. The third-order valence-corrected chi connectivity index (χ3v) is 3.83. The zero-order valence-corrected chi connectivity index (χ0v) is 12.6. The second-order valence-electron chi connectivity index (χ2n) is 5.52. The van der Waals surface area contributed by atoms with Crippen LogP contribution in [0.3, 0.4) is 0 Å². The van der Waals surface area contributed by atoms with Gasteiger partial charge in [-0.05, 0) is 39.0 Å². The molecule has 0 spiro atoms. The Morgan fingerprint density at radius 3 is 2.35 bits per heavy atom. The summed E-state index contributed by atoms with van der Waals surface area (Å²) in [6.07, 6.45) is 2.44. The third-order valence-electron chi connectivity index (χ3n) is 3.83. The van der Waals surface area contributed by atoms with E-state index in [0.29, 0.717) is 13.2 Å². The fraction of sp³-hybridized carbons (Fsp3) is 0.857. The highest BCUT2D eigenvalue weighted by Gasteiger charge is 2.28. The predicted molar refractivity (Wildman–Crippen MR) is 77.0 cm³/mol. The van der Waals surface area contributed by atoms with Gasteiger partial charge in [-0.15, -0.1) is 0 Å². The average molecular weight is 285 g/mol. The van der Waals surface area contributed by atoms with Gasteiger partial charge in [0.1, 0.15) is 6.04 Å². The largest absolute Gasteiger partial charge is 0.381 e. The molecule has 116 valence electrons. The Morgan fingerprint density at radius 1 is 1.20 bits per heavy atom. The highest BCUT2D eigenvalue weighted by molar-refractivity contribution is 5.89. The zero-order valence-electron chi connectivity index (χ0n) is 12.6. The van der Waals surface area contributed by atoms with Crippen molar-refractivity contribution in [2.45, 2.75) is 58.2 Å². The smallest absolute Gasteiger partial charge is 0.242 e. The Hall–Kier alpha value is -1.14. The van der Waals surface area contributed by atoms with E-state index in [9.17, 15) is 9.59 Å². The van der Waals surface area contributed by atoms with E-state index in [2.05, 4.69) is 10.6 Å². The second-order valence-corrected chi connectivity index (χ2v) is 5.52. The van der Waals surface area contributed by atoms with E-state index in [4.69, 9.17) is 10.5 Å². The number of nitrogens with two attached hydrogens (primary N) is 1. The number of hydrogen-bond donors (Lipinski definition) is 3. The average Bonchev–Trinajstić information content (AvgIpc) is 2.46. The number of rotatable bonds is 6. The molecule has 0 aromatic rings. The summed E-state index contributed by atoms with van der Waals surface area (Å²) >= 11 is 0. The molecule has 3 unspecified atom stereocenters. The normalized spacial score (nSPS) is 20.8. The van der Waals surface area contributed by atoms with Crippen molar-refractivity contribution in [2.75, 3.05) is 13.2 Å². The van der Waals surface area contributed by atoms with Crippen LogP contribution in [0, 0.1) is 5.92 Å². The standard InChI is InChI=1S/C14H27N3O3/c1-4-9(2)16-13(18)10(3)17-14(19)12(15)11-5-7-20-8-6-11/h9-12H,4-8,15H2,1-3H3,(H,16,18)(H,17,19). The fourth-order valence-corrected chi connectivity index (χ4v) is 2.13. The van der Waals surface area contributed by atoms with E-state index in [1.165, 1.54) is 0 Å². The molecule has 0 saturated carbocycles. The van der Waals surface area contributed by atoms with Gasteiger partial charge in [0.15, 0.2) is 0 Å². The lowest BCUT2D eigenvalue weighted by Crippen LogP contribution is -2.53. The number of carbonyl (C=O) groups is 2. The molecule has 4 N–H and O–H groups in total. The molecule has 6 nitrogen and oxygen atoms in total. The number of hydrogen-bond acceptors (Lipinski definition) is 4. The van der Waals surface area contributed by atoms with Crippen LogP contribution in [-0.2, 0) is 14.3 Å². The molecule has 3 atom stereocenters. The van der Waals surface area contributed by atoms with E-state index < -0.39 is 12.1 Å². The number of amides is 2. The summed E-state index contributed by atoms with van der Waals surface area (Å²) in [5.41, 5.74) is 5.97. The molecule has 1 heterocycles. The predicted octanol–water partition coefficient (Wildman–Crippen LogP) is 0.160. The van der Waals surface area contributed by atoms with Crippen molar-refractivity contribution in [1.82, 2.24) is 10.6 Å². The van der Waals surface area contributed by atoms with E-state index in [1.54, 1.807) is 6.92 Å². The molecule has 20 heavy (non-hydrogen) atoms. The van der Waals surface area contributed by atoms with Crippen molar-refractivity contribution in [3.8, 4) is 0 Å². The zero-order chi connectivity index (χ0) is 15.1. The molecule has 0 aliphatic carbocycles. The minimum Gasteiger partial charge on any atom is -0.381 e. The van der Waals surface area contributed by atoms with Crippen LogP contribution in [0.2, 0.25) is 0 Å². The maximum Gasteiger partial charge on any atom is 0.242 e. The van der Waals surface area contributed by atoms with Crippen LogP contribution in [0.15, 0.2) is 0 Å². The molecular weight excluding hydrogens is 258 g/mol. The summed E-state index contributed by atoms with van der Waals surface area (Å²) in [6, 6.07) is -1.04. The van der Waals surface area contributed by atoms with Gasteiger partial charge in [0.25, 0.3) is 0 Å². The second kappa shape index (κ2) is 8.21. The van der Waals surface area contributed by atoms with Crippen molar-refractivity contribution in [1.29, 1.82) is 0 Å². The van der Waals surface area contributed by atoms with Crippen molar-refractivity contribution in [3.63, 3.8) is 0 Å². The van der Waals surface area contributed by atoms with E-state index in [-0.39, 0.29) is 23.8 Å². The van der Waals surface area contributed by atoms with E-state index in [1.807, 2.05) is 13.8 Å². The van der Waals surface area contributed by atoms with Crippen LogP contribution in [0.5, 0.6) is 0 Å². The first kappa shape index (κ1) is 16.9. The van der Waals surface area contributed by atoms with Crippen LogP contribution >= 0.6 is 0 Å². The topological polar surface area (TPSA) is 93.5 Å². The van der Waals surface area contributed by atoms with Crippen molar-refractivity contribution >= 4 is 11.8 Å². The van der Waals surface area contributed by atoms with Gasteiger partial charge < -0.3 is 21.1 Å². The molecule has 1 saturated heterocycles. The van der Waals surface area contributed by atoms with Crippen molar-refractivity contribution < 1.29 is 14.3 Å². The van der Waals surface area contributed by atoms with E-state index >= 15 is 0 Å². The lowest BCUT2D eigenvalue weighted by Gasteiger charge is -2.27. The third kappa shape index (κ3) is 5.09. The monoisotopic (exact) mass is 285 g/mol. The lowest BCUT2D eigenvalue weighted by molar-refractivity contribution is -0.130. The van der Waals surface area contributed by atoms with Crippen LogP contribution in [-0.4, -0.2) is 43.2 Å². The van der Waals surface area contributed by atoms with Crippen LogP contribution in [0.25, 0.3) is 0 Å². The van der Waals surface area contributed by atoms with Gasteiger partial charge >= 0.3 is 0 Å². The maximum absolute atomic E-state index is 12.1. The van der Waals surface area contributed by atoms with Gasteiger partial charge in [0.05, 0.1) is 6.04 Å². The molecular formula is C14H27N3O3. The first-order chi connectivity index (χ1) is 9.45. The highest BCUT2D eigenvalue weighted by atomic mass is 16.5. The Labute approximate surface area is 120 Å². The van der Waals surface area contributed by atoms with Gasteiger partial charge in [-0.25, -0.2) is 0 Å². The summed E-state index contributed by atoms with van der Waals surface area (Å²) in [5.74, 6) is -0.302. The number of nitrogens with one attached hydrogen (secondary N) is 2. The molecule has 1 aliphatic heterocycles. The van der Waals surface area contributed by atoms with Gasteiger partial charge in [-0.3, -0.25) is 9.59 Å². The van der Waals surface area contributed by atoms with Gasteiger partial charge in [0.2, 0.25) is 11.8 Å². The van der Waals surface area contributed by atoms with Gasteiger partial charge in [-0.2, -0.15) is 0 Å². The fourth-order valence-electron chi connectivity index (χ4n) is 2.13. The summed E-state index contributed by atoms with van der Waals surface area (Å²) in [5, 5.41) is 5.53. The van der Waals surface area contributed by atoms with Crippen LogP contribution in [0.4, 0.5) is 0 Å². The Kier molecular flexibility index (Phi) is 6.95. The Balaban J connectivity index is 2.41. The van der Waals surface area contributed by atoms with Gasteiger partial charge in [0, 0.05) is 19.3 Å². The molecule has 1 rings (SSSR count). The van der Waals surface area contributed by atoms with Crippen LogP contribution in [0.1, 0.15) is 40.0 Å². The summed E-state index contributed by atoms with van der Waals surface area (Å²) < 4.78 is 5.25. The molecule has 1 fully saturated rings. The molecule has 2 amide bonds. The molecule has 0 bridgehead atoms. The molecule has 6 heteroatoms. The van der Waals surface area contributed by atoms with Crippen molar-refractivity contribution in [2.24, 2.45) is 11.7 Å². The van der Waals surface area contributed by atoms with Crippen molar-refractivity contribution in [3.05, 3.63) is 0 Å². The molecule has 0 aromatic heterocycles. The first-order valence-corrected chi connectivity index (χ1v) is 7.39. The summed E-state index contributed by atoms with van der Waals surface area (Å²) in [7, 11) is 0. The maximum atomic E-state index is 12.1. The molecule has 1 aliphatic rings. The highest BCUT2D eigenvalue weighted by Crippen LogP contribution is 2.17. The quantitative estimate of drug-likeness (QED) is 0.648. The summed E-state index contributed by atoms with van der Waals surface area (Å²) in [4.78, 5) is 23.9. The molecule has 0 radical (unpaired) electrons. The van der Waals surface area contributed by atoms with Crippen LogP contribution < -0.4 is 16.4 Å². The summed E-state index contributed by atoms with van der Waals surface area (Å²) in [6.45, 7) is 6.90. The van der Waals surface area contributed by atoms with E-state index in [0.717, 1.165) is 19.3 Å². The molecule has 0 aromatic carbocycles. The lowest BCUT2D eigenvalue weighted by atomic mass is 9.91. The SMILES string of the molecule is CCC(C)NC(=O)C(C)NC(=O)C(N)C1CCOCC1. The Morgan fingerprint density at radius 2 is 1.80 bits per heavy atom. The minimum absolute atomic E-state index is 0.103.